The lowest BCUT2D eigenvalue weighted by Crippen LogP contribution is -2.38. The molecule has 1 aliphatic heterocycles. The van der Waals surface area contributed by atoms with E-state index in [0.717, 1.165) is 53.9 Å². The van der Waals surface area contributed by atoms with Crippen molar-refractivity contribution in [2.75, 3.05) is 13.1 Å². The van der Waals surface area contributed by atoms with Crippen molar-refractivity contribution in [3.8, 4) is 10.9 Å². The Morgan fingerprint density at radius 1 is 1.28 bits per heavy atom. The van der Waals surface area contributed by atoms with Gasteiger partial charge >= 0.3 is 0 Å². The van der Waals surface area contributed by atoms with Crippen molar-refractivity contribution in [1.82, 2.24) is 14.9 Å². The van der Waals surface area contributed by atoms with Gasteiger partial charge < -0.3 is 14.9 Å². The van der Waals surface area contributed by atoms with Crippen molar-refractivity contribution >= 4 is 38.6 Å². The molecule has 0 bridgehead atoms. The monoisotopic (exact) mass is 408 g/mol. The van der Waals surface area contributed by atoms with E-state index >= 15 is 0 Å². The van der Waals surface area contributed by atoms with Gasteiger partial charge in [-0.05, 0) is 56.3 Å². The van der Waals surface area contributed by atoms with Crippen LogP contribution in [-0.4, -0.2) is 33.9 Å². The highest BCUT2D eigenvalue weighted by Crippen LogP contribution is 2.32. The lowest BCUT2D eigenvalue weighted by atomic mass is 9.96. The van der Waals surface area contributed by atoms with Gasteiger partial charge in [-0.15, -0.1) is 0 Å². The Morgan fingerprint density at radius 3 is 2.93 bits per heavy atom. The number of hydrogen-bond acceptors (Lipinski definition) is 7. The number of carbonyl (C=O) groups is 1. The number of ether oxygens (including phenoxy) is 1. The number of rotatable bonds is 5. The molecule has 0 saturated carbocycles. The molecule has 5 rings (SSSR count). The van der Waals surface area contributed by atoms with Crippen LogP contribution in [-0.2, 0) is 11.3 Å². The van der Waals surface area contributed by atoms with E-state index < -0.39 is 0 Å². The topological polar surface area (TPSA) is 94.5 Å². The summed E-state index contributed by atoms with van der Waals surface area (Å²) in [5.74, 6) is 1.39. The zero-order valence-corrected chi connectivity index (χ0v) is 16.5. The highest BCUT2D eigenvalue weighted by Gasteiger charge is 2.23. The van der Waals surface area contributed by atoms with Gasteiger partial charge in [0.2, 0.25) is 5.91 Å². The lowest BCUT2D eigenvalue weighted by Gasteiger charge is -2.29. The number of thiazole rings is 1. The standard InChI is InChI=1S/C21H20N4O3S/c22-19(26)13-5-8-25(9-6-13)12-16-10-14-3-4-15(11-17(14)27-16)28-21-24-20-18(29-21)2-1-7-23-20/h1-4,7,10-11,13H,5-6,8-9,12H2,(H2,22,26). The number of nitrogens with zero attached hydrogens (tertiary/aromatic N) is 3. The minimum absolute atomic E-state index is 0.000611. The van der Waals surface area contributed by atoms with Crippen LogP contribution >= 0.6 is 11.3 Å². The fourth-order valence-electron chi connectivity index (χ4n) is 3.70. The molecule has 2 N–H and O–H groups in total. The second kappa shape index (κ2) is 7.46. The van der Waals surface area contributed by atoms with Gasteiger partial charge in [0.25, 0.3) is 5.19 Å². The van der Waals surface area contributed by atoms with Crippen LogP contribution in [0.25, 0.3) is 21.3 Å². The lowest BCUT2D eigenvalue weighted by molar-refractivity contribution is -0.123. The third-order valence-electron chi connectivity index (χ3n) is 5.26. The molecule has 1 aliphatic rings. The number of primary amides is 1. The minimum atomic E-state index is -0.190. The van der Waals surface area contributed by atoms with Crippen molar-refractivity contribution in [2.24, 2.45) is 11.7 Å². The molecule has 3 aromatic heterocycles. The average molecular weight is 408 g/mol. The maximum absolute atomic E-state index is 11.3. The van der Waals surface area contributed by atoms with Gasteiger partial charge in [0.05, 0.1) is 11.2 Å². The number of hydrogen-bond donors (Lipinski definition) is 1. The summed E-state index contributed by atoms with van der Waals surface area (Å²) < 4.78 is 12.9. The van der Waals surface area contributed by atoms with Gasteiger partial charge in [0.15, 0.2) is 5.65 Å². The summed E-state index contributed by atoms with van der Waals surface area (Å²) in [4.78, 5) is 22.3. The third kappa shape index (κ3) is 3.81. The van der Waals surface area contributed by atoms with Crippen LogP contribution < -0.4 is 10.5 Å². The van der Waals surface area contributed by atoms with E-state index in [-0.39, 0.29) is 11.8 Å². The van der Waals surface area contributed by atoms with Crippen LogP contribution in [0.4, 0.5) is 0 Å². The molecule has 8 heteroatoms. The quantitative estimate of drug-likeness (QED) is 0.538. The number of likely N-dealkylation sites (tertiary alicyclic amines) is 1. The average Bonchev–Trinajstić information content (AvgIpc) is 3.30. The number of furan rings is 1. The Balaban J connectivity index is 1.29. The molecule has 1 amide bonds. The highest BCUT2D eigenvalue weighted by molar-refractivity contribution is 7.20. The van der Waals surface area contributed by atoms with E-state index in [1.54, 1.807) is 6.20 Å². The molecule has 1 fully saturated rings. The first-order valence-corrected chi connectivity index (χ1v) is 10.4. The molecule has 4 heterocycles. The largest absolute Gasteiger partial charge is 0.460 e. The van der Waals surface area contributed by atoms with Crippen molar-refractivity contribution < 1.29 is 13.9 Å². The Kier molecular flexibility index (Phi) is 4.65. The molecule has 148 valence electrons. The van der Waals surface area contributed by atoms with Gasteiger partial charge in [0, 0.05) is 23.6 Å². The molecule has 0 radical (unpaired) electrons. The maximum atomic E-state index is 11.3. The van der Waals surface area contributed by atoms with Crippen molar-refractivity contribution in [3.63, 3.8) is 0 Å². The minimum Gasteiger partial charge on any atom is -0.460 e. The molecule has 0 unspecified atom stereocenters. The summed E-state index contributed by atoms with van der Waals surface area (Å²) in [5.41, 5.74) is 6.88. The smallest absolute Gasteiger partial charge is 0.281 e. The number of piperidine rings is 1. The molecule has 0 atom stereocenters. The molecule has 1 aromatic carbocycles. The van der Waals surface area contributed by atoms with E-state index in [1.807, 2.05) is 30.3 Å². The molecule has 0 aliphatic carbocycles. The van der Waals surface area contributed by atoms with Crippen molar-refractivity contribution in [1.29, 1.82) is 0 Å². The summed E-state index contributed by atoms with van der Waals surface area (Å²) in [6, 6.07) is 11.7. The van der Waals surface area contributed by atoms with Crippen LogP contribution in [0.5, 0.6) is 10.9 Å². The van der Waals surface area contributed by atoms with Gasteiger partial charge in [-0.2, -0.15) is 4.98 Å². The summed E-state index contributed by atoms with van der Waals surface area (Å²) in [6.07, 6.45) is 3.34. The van der Waals surface area contributed by atoms with E-state index in [9.17, 15) is 4.79 Å². The van der Waals surface area contributed by atoms with Gasteiger partial charge in [-0.25, -0.2) is 4.98 Å². The second-order valence-corrected chi connectivity index (χ2v) is 8.27. The van der Waals surface area contributed by atoms with E-state index in [0.29, 0.717) is 16.6 Å². The number of aromatic nitrogens is 2. The highest BCUT2D eigenvalue weighted by atomic mass is 32.1. The van der Waals surface area contributed by atoms with Gasteiger partial charge in [-0.1, -0.05) is 11.3 Å². The second-order valence-electron chi connectivity index (χ2n) is 7.27. The van der Waals surface area contributed by atoms with Crippen LogP contribution in [0.3, 0.4) is 0 Å². The Hall–Kier alpha value is -2.97. The number of amides is 1. The van der Waals surface area contributed by atoms with Crippen LogP contribution in [0.15, 0.2) is 47.0 Å². The Labute approximate surface area is 171 Å². The summed E-state index contributed by atoms with van der Waals surface area (Å²) in [6.45, 7) is 2.43. The van der Waals surface area contributed by atoms with Crippen LogP contribution in [0.1, 0.15) is 18.6 Å². The first kappa shape index (κ1) is 18.1. The Bertz CT molecular complexity index is 1140. The number of benzene rings is 1. The number of pyridine rings is 1. The molecule has 29 heavy (non-hydrogen) atoms. The fourth-order valence-corrected chi connectivity index (χ4v) is 4.49. The Morgan fingerprint density at radius 2 is 2.14 bits per heavy atom. The predicted molar refractivity (Wildman–Crippen MR) is 111 cm³/mol. The maximum Gasteiger partial charge on any atom is 0.281 e. The molecule has 1 saturated heterocycles. The SMILES string of the molecule is NC(=O)C1CCN(Cc2cc3ccc(Oc4nc5ncccc5s4)cc3o2)CC1. The van der Waals surface area contributed by atoms with E-state index in [2.05, 4.69) is 20.9 Å². The van der Waals surface area contributed by atoms with Crippen molar-refractivity contribution in [3.05, 3.63) is 48.4 Å². The normalized spacial score (nSPS) is 15.9. The first-order valence-electron chi connectivity index (χ1n) is 9.57. The molecule has 7 nitrogen and oxygen atoms in total. The summed E-state index contributed by atoms with van der Waals surface area (Å²) in [7, 11) is 0. The van der Waals surface area contributed by atoms with E-state index in [4.69, 9.17) is 14.9 Å². The molecule has 0 spiro atoms. The van der Waals surface area contributed by atoms with Gasteiger partial charge in [0.1, 0.15) is 17.1 Å². The summed E-state index contributed by atoms with van der Waals surface area (Å²) >= 11 is 1.46. The molecular weight excluding hydrogens is 388 g/mol. The van der Waals surface area contributed by atoms with E-state index in [1.165, 1.54) is 11.3 Å². The van der Waals surface area contributed by atoms with Gasteiger partial charge in [-0.3, -0.25) is 9.69 Å². The summed E-state index contributed by atoms with van der Waals surface area (Å²) in [5, 5.41) is 1.59. The number of carbonyl (C=O) groups excluding carboxylic acids is 1. The zero-order chi connectivity index (χ0) is 19.8. The van der Waals surface area contributed by atoms with Crippen LogP contribution in [0.2, 0.25) is 0 Å². The predicted octanol–water partition coefficient (Wildman–Crippen LogP) is 3.93. The number of fused-ring (bicyclic) bond motifs is 2. The molecule has 4 aromatic rings. The third-order valence-corrected chi connectivity index (χ3v) is 6.15. The first-order chi connectivity index (χ1) is 14.1. The molecular formula is C21H20N4O3S. The zero-order valence-electron chi connectivity index (χ0n) is 15.7. The van der Waals surface area contributed by atoms with Crippen molar-refractivity contribution in [2.45, 2.75) is 19.4 Å². The number of nitrogens with two attached hydrogens (primary N) is 1. The van der Waals surface area contributed by atoms with Crippen LogP contribution in [0, 0.1) is 5.92 Å². The fraction of sp³-hybridized carbons (Fsp3) is 0.286.